The first-order valence-electron chi connectivity index (χ1n) is 7.21. The normalized spacial score (nSPS) is 20.1. The molecule has 1 atom stereocenters. The molecule has 1 saturated heterocycles. The maximum atomic E-state index is 6.09. The Balaban J connectivity index is 2.24. The first-order valence-corrected chi connectivity index (χ1v) is 7.21. The summed E-state index contributed by atoms with van der Waals surface area (Å²) in [5.41, 5.74) is 9.23. The van der Waals surface area contributed by atoms with Crippen molar-refractivity contribution in [1.82, 2.24) is 0 Å². The highest BCUT2D eigenvalue weighted by Gasteiger charge is 2.35. The molecule has 1 heterocycles. The SMILES string of the molecule is CCC1(CC)CCN(c2ccccc2[C@@H](C)N)C1. The van der Waals surface area contributed by atoms with Crippen molar-refractivity contribution >= 4 is 5.69 Å². The minimum absolute atomic E-state index is 0.111. The third kappa shape index (κ3) is 2.39. The molecule has 1 aromatic carbocycles. The van der Waals surface area contributed by atoms with E-state index < -0.39 is 0 Å². The molecule has 0 bridgehead atoms. The first kappa shape index (κ1) is 13.4. The average Bonchev–Trinajstić information content (AvgIpc) is 2.83. The Labute approximate surface area is 111 Å². The van der Waals surface area contributed by atoms with Gasteiger partial charge < -0.3 is 10.6 Å². The molecular weight excluding hydrogens is 220 g/mol. The quantitative estimate of drug-likeness (QED) is 0.877. The van der Waals surface area contributed by atoms with Crippen molar-refractivity contribution in [2.45, 2.75) is 46.1 Å². The van der Waals surface area contributed by atoms with Gasteiger partial charge in [-0.25, -0.2) is 0 Å². The molecule has 1 aliphatic heterocycles. The summed E-state index contributed by atoms with van der Waals surface area (Å²) in [6.07, 6.45) is 3.87. The van der Waals surface area contributed by atoms with Gasteiger partial charge in [-0.1, -0.05) is 32.0 Å². The van der Waals surface area contributed by atoms with Gasteiger partial charge in [-0.3, -0.25) is 0 Å². The van der Waals surface area contributed by atoms with Crippen LogP contribution in [0.3, 0.4) is 0 Å². The van der Waals surface area contributed by atoms with E-state index in [1.807, 2.05) is 0 Å². The Morgan fingerprint density at radius 1 is 1.28 bits per heavy atom. The molecule has 0 unspecified atom stereocenters. The van der Waals surface area contributed by atoms with E-state index in [2.05, 4.69) is 49.9 Å². The van der Waals surface area contributed by atoms with Crippen LogP contribution in [0.1, 0.15) is 51.6 Å². The molecule has 0 aliphatic carbocycles. The fraction of sp³-hybridized carbons (Fsp3) is 0.625. The Hall–Kier alpha value is -1.02. The highest BCUT2D eigenvalue weighted by molar-refractivity contribution is 5.55. The van der Waals surface area contributed by atoms with Crippen LogP contribution in [0.15, 0.2) is 24.3 Å². The molecule has 2 N–H and O–H groups in total. The zero-order chi connectivity index (χ0) is 13.2. The summed E-state index contributed by atoms with van der Waals surface area (Å²) >= 11 is 0. The summed E-state index contributed by atoms with van der Waals surface area (Å²) in [6.45, 7) is 9.08. The van der Waals surface area contributed by atoms with E-state index in [1.165, 1.54) is 43.6 Å². The maximum absolute atomic E-state index is 6.09. The van der Waals surface area contributed by atoms with Crippen LogP contribution in [0.5, 0.6) is 0 Å². The average molecular weight is 246 g/mol. The summed E-state index contributed by atoms with van der Waals surface area (Å²) in [5.74, 6) is 0. The van der Waals surface area contributed by atoms with Crippen LogP contribution in [0.25, 0.3) is 0 Å². The minimum Gasteiger partial charge on any atom is -0.371 e. The Morgan fingerprint density at radius 3 is 2.50 bits per heavy atom. The number of rotatable bonds is 4. The predicted octanol–water partition coefficient (Wildman–Crippen LogP) is 3.72. The van der Waals surface area contributed by atoms with E-state index in [1.54, 1.807) is 0 Å². The monoisotopic (exact) mass is 246 g/mol. The van der Waals surface area contributed by atoms with Crippen molar-refractivity contribution in [2.75, 3.05) is 18.0 Å². The molecule has 1 fully saturated rings. The van der Waals surface area contributed by atoms with Gasteiger partial charge in [0, 0.05) is 24.8 Å². The highest BCUT2D eigenvalue weighted by Crippen LogP contribution is 2.40. The lowest BCUT2D eigenvalue weighted by atomic mass is 9.82. The number of para-hydroxylation sites is 1. The van der Waals surface area contributed by atoms with Gasteiger partial charge in [0.2, 0.25) is 0 Å². The number of nitrogens with zero attached hydrogens (tertiary/aromatic N) is 1. The van der Waals surface area contributed by atoms with E-state index in [-0.39, 0.29) is 6.04 Å². The van der Waals surface area contributed by atoms with E-state index in [0.29, 0.717) is 5.41 Å². The smallest absolute Gasteiger partial charge is 0.0414 e. The highest BCUT2D eigenvalue weighted by atomic mass is 15.2. The Kier molecular flexibility index (Phi) is 3.96. The van der Waals surface area contributed by atoms with Gasteiger partial charge >= 0.3 is 0 Å². The number of nitrogens with two attached hydrogens (primary N) is 1. The van der Waals surface area contributed by atoms with Crippen molar-refractivity contribution < 1.29 is 0 Å². The molecule has 0 spiro atoms. The van der Waals surface area contributed by atoms with E-state index in [4.69, 9.17) is 5.73 Å². The summed E-state index contributed by atoms with van der Waals surface area (Å²) in [4.78, 5) is 2.53. The fourth-order valence-electron chi connectivity index (χ4n) is 3.13. The second-order valence-corrected chi connectivity index (χ2v) is 5.73. The second-order valence-electron chi connectivity index (χ2n) is 5.73. The first-order chi connectivity index (χ1) is 8.62. The fourth-order valence-corrected chi connectivity index (χ4v) is 3.13. The van der Waals surface area contributed by atoms with Crippen molar-refractivity contribution in [3.63, 3.8) is 0 Å². The lowest BCUT2D eigenvalue weighted by Crippen LogP contribution is -2.27. The zero-order valence-corrected chi connectivity index (χ0v) is 11.9. The summed E-state index contributed by atoms with van der Waals surface area (Å²) in [7, 11) is 0. The topological polar surface area (TPSA) is 29.3 Å². The molecular formula is C16H26N2. The molecule has 2 rings (SSSR count). The van der Waals surface area contributed by atoms with Crippen LogP contribution in [-0.4, -0.2) is 13.1 Å². The number of hydrogen-bond acceptors (Lipinski definition) is 2. The van der Waals surface area contributed by atoms with Crippen LogP contribution in [0.2, 0.25) is 0 Å². The van der Waals surface area contributed by atoms with Crippen molar-refractivity contribution in [2.24, 2.45) is 11.1 Å². The summed E-state index contributed by atoms with van der Waals surface area (Å²) < 4.78 is 0. The Bertz CT molecular complexity index is 394. The Morgan fingerprint density at radius 2 is 1.94 bits per heavy atom. The molecule has 100 valence electrons. The summed E-state index contributed by atoms with van der Waals surface area (Å²) in [5, 5.41) is 0. The van der Waals surface area contributed by atoms with E-state index >= 15 is 0 Å². The molecule has 0 radical (unpaired) electrons. The third-order valence-corrected chi connectivity index (χ3v) is 4.71. The lowest BCUT2D eigenvalue weighted by Gasteiger charge is -2.28. The summed E-state index contributed by atoms with van der Waals surface area (Å²) in [6, 6.07) is 8.71. The van der Waals surface area contributed by atoms with Gasteiger partial charge in [-0.2, -0.15) is 0 Å². The second kappa shape index (κ2) is 5.31. The number of anilines is 1. The van der Waals surface area contributed by atoms with Crippen LogP contribution in [0.4, 0.5) is 5.69 Å². The van der Waals surface area contributed by atoms with Crippen molar-refractivity contribution in [3.05, 3.63) is 29.8 Å². The zero-order valence-electron chi connectivity index (χ0n) is 11.9. The minimum atomic E-state index is 0.111. The molecule has 2 nitrogen and oxygen atoms in total. The van der Waals surface area contributed by atoms with E-state index in [0.717, 1.165) is 0 Å². The van der Waals surface area contributed by atoms with Crippen LogP contribution in [-0.2, 0) is 0 Å². The van der Waals surface area contributed by atoms with Gasteiger partial charge in [-0.15, -0.1) is 0 Å². The van der Waals surface area contributed by atoms with Gasteiger partial charge in [0.25, 0.3) is 0 Å². The molecule has 1 aromatic rings. The van der Waals surface area contributed by atoms with Gasteiger partial charge in [-0.05, 0) is 43.2 Å². The van der Waals surface area contributed by atoms with Crippen LogP contribution < -0.4 is 10.6 Å². The van der Waals surface area contributed by atoms with Gasteiger partial charge in [0.05, 0.1) is 0 Å². The standard InChI is InChI=1S/C16H26N2/c1-4-16(5-2)10-11-18(12-16)15-9-7-6-8-14(15)13(3)17/h6-9,13H,4-5,10-12,17H2,1-3H3/t13-/m1/s1. The maximum Gasteiger partial charge on any atom is 0.0414 e. The van der Waals surface area contributed by atoms with Crippen molar-refractivity contribution in [3.8, 4) is 0 Å². The number of hydrogen-bond donors (Lipinski definition) is 1. The van der Waals surface area contributed by atoms with Crippen molar-refractivity contribution in [1.29, 1.82) is 0 Å². The van der Waals surface area contributed by atoms with Gasteiger partial charge in [0.15, 0.2) is 0 Å². The van der Waals surface area contributed by atoms with E-state index in [9.17, 15) is 0 Å². The molecule has 0 saturated carbocycles. The molecule has 0 aromatic heterocycles. The largest absolute Gasteiger partial charge is 0.371 e. The molecule has 18 heavy (non-hydrogen) atoms. The number of benzene rings is 1. The molecule has 1 aliphatic rings. The van der Waals surface area contributed by atoms with Crippen LogP contribution >= 0.6 is 0 Å². The molecule has 2 heteroatoms. The van der Waals surface area contributed by atoms with Crippen LogP contribution in [0, 0.1) is 5.41 Å². The predicted molar refractivity (Wildman–Crippen MR) is 78.9 cm³/mol. The lowest BCUT2D eigenvalue weighted by molar-refractivity contribution is 0.301. The third-order valence-electron chi connectivity index (χ3n) is 4.71. The molecule has 0 amide bonds. The van der Waals surface area contributed by atoms with Gasteiger partial charge in [0.1, 0.15) is 0 Å².